The number of halogens is 2. The summed E-state index contributed by atoms with van der Waals surface area (Å²) < 4.78 is 0. The second-order valence-corrected chi connectivity index (χ2v) is 6.56. The lowest BCUT2D eigenvalue weighted by atomic mass is 10.2. The molecule has 1 atom stereocenters. The molecular formula is C18H17Cl2N5O. The fourth-order valence-electron chi connectivity index (χ4n) is 2.26. The SMILES string of the molecule is C[C@@H](CO)Nc1nc(Nc2cc(Cl)cc(Cl)c2)cc(-c2ccccn2)n1. The second kappa shape index (κ2) is 8.31. The van der Waals surface area contributed by atoms with Gasteiger partial charge in [-0.3, -0.25) is 4.98 Å². The minimum atomic E-state index is -0.192. The van der Waals surface area contributed by atoms with Crippen molar-refractivity contribution in [3.8, 4) is 11.4 Å². The zero-order chi connectivity index (χ0) is 18.5. The maximum Gasteiger partial charge on any atom is 0.225 e. The molecule has 2 heterocycles. The summed E-state index contributed by atoms with van der Waals surface area (Å²) in [5.74, 6) is 0.928. The summed E-state index contributed by atoms with van der Waals surface area (Å²) in [6.07, 6.45) is 1.70. The lowest BCUT2D eigenvalue weighted by Gasteiger charge is -2.14. The zero-order valence-corrected chi connectivity index (χ0v) is 15.5. The van der Waals surface area contributed by atoms with E-state index in [2.05, 4.69) is 25.6 Å². The Bertz CT molecular complexity index is 872. The Morgan fingerprint density at radius 2 is 1.81 bits per heavy atom. The molecule has 0 aliphatic rings. The van der Waals surface area contributed by atoms with Gasteiger partial charge in [-0.25, -0.2) is 4.98 Å². The fraction of sp³-hybridized carbons (Fsp3) is 0.167. The molecule has 2 aromatic heterocycles. The molecular weight excluding hydrogens is 373 g/mol. The highest BCUT2D eigenvalue weighted by Gasteiger charge is 2.10. The predicted molar refractivity (Wildman–Crippen MR) is 105 cm³/mol. The minimum Gasteiger partial charge on any atom is -0.394 e. The fourth-order valence-corrected chi connectivity index (χ4v) is 2.79. The van der Waals surface area contributed by atoms with Crippen LogP contribution in [0.5, 0.6) is 0 Å². The van der Waals surface area contributed by atoms with E-state index in [1.54, 1.807) is 30.5 Å². The first-order chi connectivity index (χ1) is 12.5. The topological polar surface area (TPSA) is 83.0 Å². The standard InChI is InChI=1S/C18H17Cl2N5O/c1-11(10-26)22-18-24-16(15-4-2-3-5-21-15)9-17(25-18)23-14-7-12(19)6-13(20)8-14/h2-9,11,26H,10H2,1H3,(H2,22,23,24,25)/t11-/m0/s1. The summed E-state index contributed by atoms with van der Waals surface area (Å²) in [7, 11) is 0. The van der Waals surface area contributed by atoms with Gasteiger partial charge in [0, 0.05) is 34.0 Å². The van der Waals surface area contributed by atoms with E-state index in [1.165, 1.54) is 0 Å². The molecule has 26 heavy (non-hydrogen) atoms. The van der Waals surface area contributed by atoms with E-state index in [0.717, 1.165) is 0 Å². The van der Waals surface area contributed by atoms with Crippen LogP contribution in [0.2, 0.25) is 10.0 Å². The number of aliphatic hydroxyl groups excluding tert-OH is 1. The summed E-state index contributed by atoms with van der Waals surface area (Å²) in [6.45, 7) is 1.80. The van der Waals surface area contributed by atoms with E-state index in [9.17, 15) is 5.11 Å². The van der Waals surface area contributed by atoms with Crippen LogP contribution in [0, 0.1) is 0 Å². The maximum atomic E-state index is 9.27. The summed E-state index contributed by atoms with van der Waals surface area (Å²) >= 11 is 12.1. The van der Waals surface area contributed by atoms with Gasteiger partial charge in [0.1, 0.15) is 5.82 Å². The first-order valence-corrected chi connectivity index (χ1v) is 8.70. The van der Waals surface area contributed by atoms with Crippen molar-refractivity contribution in [2.24, 2.45) is 0 Å². The van der Waals surface area contributed by atoms with E-state index >= 15 is 0 Å². The van der Waals surface area contributed by atoms with Crippen LogP contribution in [0.3, 0.4) is 0 Å². The van der Waals surface area contributed by atoms with E-state index < -0.39 is 0 Å². The van der Waals surface area contributed by atoms with Gasteiger partial charge in [-0.15, -0.1) is 0 Å². The van der Waals surface area contributed by atoms with E-state index in [1.807, 2.05) is 25.1 Å². The molecule has 3 N–H and O–H groups in total. The van der Waals surface area contributed by atoms with Gasteiger partial charge in [0.25, 0.3) is 0 Å². The molecule has 0 fully saturated rings. The number of pyridine rings is 1. The van der Waals surface area contributed by atoms with Crippen molar-refractivity contribution >= 4 is 40.7 Å². The smallest absolute Gasteiger partial charge is 0.225 e. The molecule has 3 rings (SSSR count). The van der Waals surface area contributed by atoms with Crippen LogP contribution in [-0.4, -0.2) is 32.7 Å². The number of aromatic nitrogens is 3. The number of hydrogen-bond acceptors (Lipinski definition) is 6. The highest BCUT2D eigenvalue weighted by molar-refractivity contribution is 6.35. The second-order valence-electron chi connectivity index (χ2n) is 5.69. The van der Waals surface area contributed by atoms with Crippen LogP contribution >= 0.6 is 23.2 Å². The number of aliphatic hydroxyl groups is 1. The summed E-state index contributed by atoms with van der Waals surface area (Å²) in [5, 5.41) is 16.5. The van der Waals surface area contributed by atoms with Crippen molar-refractivity contribution in [3.63, 3.8) is 0 Å². The van der Waals surface area contributed by atoms with E-state index in [-0.39, 0.29) is 12.6 Å². The maximum absolute atomic E-state index is 9.27. The Morgan fingerprint density at radius 3 is 2.46 bits per heavy atom. The van der Waals surface area contributed by atoms with Gasteiger partial charge in [0.05, 0.1) is 18.0 Å². The minimum absolute atomic E-state index is 0.0379. The first-order valence-electron chi connectivity index (χ1n) is 7.94. The third-order valence-electron chi connectivity index (χ3n) is 3.44. The van der Waals surface area contributed by atoms with Crippen molar-refractivity contribution in [1.29, 1.82) is 0 Å². The van der Waals surface area contributed by atoms with Crippen molar-refractivity contribution in [2.45, 2.75) is 13.0 Å². The Labute approximate surface area is 161 Å². The van der Waals surface area contributed by atoms with Crippen molar-refractivity contribution in [2.75, 3.05) is 17.2 Å². The van der Waals surface area contributed by atoms with Crippen LogP contribution in [-0.2, 0) is 0 Å². The van der Waals surface area contributed by atoms with Gasteiger partial charge < -0.3 is 15.7 Å². The number of nitrogens with one attached hydrogen (secondary N) is 2. The molecule has 134 valence electrons. The average Bonchev–Trinajstić information content (AvgIpc) is 2.61. The molecule has 0 saturated carbocycles. The Morgan fingerprint density at radius 1 is 1.04 bits per heavy atom. The third-order valence-corrected chi connectivity index (χ3v) is 3.87. The average molecular weight is 390 g/mol. The highest BCUT2D eigenvalue weighted by Crippen LogP contribution is 2.27. The number of rotatable bonds is 6. The predicted octanol–water partition coefficient (Wildman–Crippen LogP) is 4.38. The van der Waals surface area contributed by atoms with Crippen LogP contribution in [0.1, 0.15) is 6.92 Å². The quantitative estimate of drug-likeness (QED) is 0.579. The Balaban J connectivity index is 1.98. The number of hydrogen-bond donors (Lipinski definition) is 3. The molecule has 8 heteroatoms. The lowest BCUT2D eigenvalue weighted by Crippen LogP contribution is -2.21. The summed E-state index contributed by atoms with van der Waals surface area (Å²) in [4.78, 5) is 13.3. The lowest BCUT2D eigenvalue weighted by molar-refractivity contribution is 0.281. The molecule has 1 aromatic carbocycles. The van der Waals surface area contributed by atoms with Crippen LogP contribution in [0.15, 0.2) is 48.7 Å². The molecule has 0 aliphatic carbocycles. The number of nitrogens with zero attached hydrogens (tertiary/aromatic N) is 3. The normalized spacial score (nSPS) is 11.8. The number of benzene rings is 1. The van der Waals surface area contributed by atoms with Crippen molar-refractivity contribution < 1.29 is 5.11 Å². The van der Waals surface area contributed by atoms with E-state index in [0.29, 0.717) is 38.9 Å². The Hall–Kier alpha value is -2.41. The largest absolute Gasteiger partial charge is 0.394 e. The highest BCUT2D eigenvalue weighted by atomic mass is 35.5. The van der Waals surface area contributed by atoms with Gasteiger partial charge >= 0.3 is 0 Å². The summed E-state index contributed by atoms with van der Waals surface area (Å²) in [5.41, 5.74) is 2.06. The molecule has 0 aliphatic heterocycles. The van der Waals surface area contributed by atoms with Gasteiger partial charge in [0.2, 0.25) is 5.95 Å². The van der Waals surface area contributed by atoms with Crippen LogP contribution < -0.4 is 10.6 Å². The Kier molecular flexibility index (Phi) is 5.88. The van der Waals surface area contributed by atoms with Crippen molar-refractivity contribution in [3.05, 3.63) is 58.7 Å². The van der Waals surface area contributed by atoms with Crippen LogP contribution in [0.25, 0.3) is 11.4 Å². The molecule has 0 amide bonds. The van der Waals surface area contributed by atoms with Gasteiger partial charge in [-0.1, -0.05) is 29.3 Å². The molecule has 0 saturated heterocycles. The van der Waals surface area contributed by atoms with Gasteiger partial charge in [-0.2, -0.15) is 4.98 Å². The molecule has 3 aromatic rings. The summed E-state index contributed by atoms with van der Waals surface area (Å²) in [6, 6.07) is 12.3. The molecule has 0 radical (unpaired) electrons. The number of anilines is 3. The monoisotopic (exact) mass is 389 g/mol. The molecule has 0 unspecified atom stereocenters. The van der Waals surface area contributed by atoms with Gasteiger partial charge in [-0.05, 0) is 37.3 Å². The molecule has 0 bridgehead atoms. The molecule has 0 spiro atoms. The van der Waals surface area contributed by atoms with Crippen molar-refractivity contribution in [1.82, 2.24) is 15.0 Å². The van der Waals surface area contributed by atoms with Crippen LogP contribution in [0.4, 0.5) is 17.5 Å². The van der Waals surface area contributed by atoms with E-state index in [4.69, 9.17) is 23.2 Å². The zero-order valence-electron chi connectivity index (χ0n) is 13.9. The first kappa shape index (κ1) is 18.4. The van der Waals surface area contributed by atoms with Gasteiger partial charge in [0.15, 0.2) is 0 Å². The third kappa shape index (κ3) is 4.82. The molecule has 6 nitrogen and oxygen atoms in total.